The van der Waals surface area contributed by atoms with Crippen LogP contribution in [-0.2, 0) is 6.42 Å². The van der Waals surface area contributed by atoms with Crippen LogP contribution in [0.5, 0.6) is 5.75 Å². The van der Waals surface area contributed by atoms with E-state index in [4.69, 9.17) is 14.1 Å². The number of ether oxygens (including phenoxy) is 1. The minimum atomic E-state index is -0.475. The molecule has 0 amide bonds. The predicted molar refractivity (Wildman–Crippen MR) is 164 cm³/mol. The van der Waals surface area contributed by atoms with Crippen molar-refractivity contribution in [3.8, 4) is 17.1 Å². The minimum Gasteiger partial charge on any atom is -0.496 e. The molecular weight excluding hydrogens is 618 g/mol. The van der Waals surface area contributed by atoms with E-state index in [-0.39, 0.29) is 17.3 Å². The Kier molecular flexibility index (Phi) is 6.52. The molecule has 208 valence electrons. The van der Waals surface area contributed by atoms with Crippen LogP contribution in [0.15, 0.2) is 103 Å². The van der Waals surface area contributed by atoms with Crippen molar-refractivity contribution < 1.29 is 14.1 Å². The fraction of sp³-hybridized carbons (Fsp3) is 0.125. The molecule has 10 heteroatoms. The van der Waals surface area contributed by atoms with E-state index in [2.05, 4.69) is 46.3 Å². The summed E-state index contributed by atoms with van der Waals surface area (Å²) in [6.07, 6.45) is 3.43. The van der Waals surface area contributed by atoms with Gasteiger partial charge >= 0.3 is 0 Å². The Labute approximate surface area is 251 Å². The van der Waals surface area contributed by atoms with Crippen molar-refractivity contribution in [2.45, 2.75) is 18.9 Å². The number of methoxy groups -OCH3 is 1. The van der Waals surface area contributed by atoms with Gasteiger partial charge in [-0.1, -0.05) is 63.7 Å². The molecule has 42 heavy (non-hydrogen) atoms. The molecule has 1 aliphatic carbocycles. The second-order valence-corrected chi connectivity index (χ2v) is 11.9. The number of rotatable bonds is 5. The third-order valence-corrected chi connectivity index (χ3v) is 9.13. The van der Waals surface area contributed by atoms with Gasteiger partial charge in [0.25, 0.3) is 11.2 Å². The van der Waals surface area contributed by atoms with Crippen molar-refractivity contribution in [3.63, 3.8) is 0 Å². The maximum Gasteiger partial charge on any atom is 0.273 e. The summed E-state index contributed by atoms with van der Waals surface area (Å²) in [5.41, 5.74) is 5.86. The highest BCUT2D eigenvalue weighted by Crippen LogP contribution is 2.41. The Balaban J connectivity index is 1.36. The topological polar surface area (TPSA) is 99.9 Å². The molecule has 0 fully saturated rings. The average Bonchev–Trinajstić information content (AvgIpc) is 3.60. The lowest BCUT2D eigenvalue weighted by Crippen LogP contribution is -2.38. The number of halogens is 1. The zero-order valence-electron chi connectivity index (χ0n) is 22.2. The molecule has 0 N–H and O–H groups in total. The van der Waals surface area contributed by atoms with E-state index in [1.54, 1.807) is 28.8 Å². The first-order valence-corrected chi connectivity index (χ1v) is 14.8. The quantitative estimate of drug-likeness (QED) is 0.167. The van der Waals surface area contributed by atoms with Crippen LogP contribution >= 0.6 is 27.3 Å². The van der Waals surface area contributed by atoms with Gasteiger partial charge in [-0.25, -0.2) is 4.99 Å². The lowest BCUT2D eigenvalue weighted by atomic mass is 9.83. The van der Waals surface area contributed by atoms with Crippen LogP contribution in [0.4, 0.5) is 5.69 Å². The first-order chi connectivity index (χ1) is 20.4. The summed E-state index contributed by atoms with van der Waals surface area (Å²) >= 11 is 4.87. The monoisotopic (exact) mass is 639 g/mol. The van der Waals surface area contributed by atoms with Crippen molar-refractivity contribution in [1.82, 2.24) is 4.57 Å². The number of aromatic nitrogens is 1. The Morgan fingerprint density at radius 1 is 1.07 bits per heavy atom. The van der Waals surface area contributed by atoms with Crippen LogP contribution in [-0.4, -0.2) is 16.6 Å². The van der Waals surface area contributed by atoms with Gasteiger partial charge in [-0.2, -0.15) is 0 Å². The van der Waals surface area contributed by atoms with Crippen LogP contribution in [0, 0.1) is 10.1 Å². The SMILES string of the molecule is COc1cc([N+](=O)[O-])ccc1-c1ccc(/C=c2/sc3n(c2=O)[C@H](c2ccc(Br)cc2)C2=C(N=3)c3ccccc3CC2)o1. The molecule has 0 spiro atoms. The molecule has 0 bridgehead atoms. The van der Waals surface area contributed by atoms with Crippen molar-refractivity contribution >= 4 is 44.7 Å². The number of furan rings is 1. The van der Waals surface area contributed by atoms with Gasteiger partial charge in [0.05, 0.1) is 39.9 Å². The number of non-ortho nitro benzene ring substituents is 1. The summed E-state index contributed by atoms with van der Waals surface area (Å²) in [6, 6.07) is 24.1. The molecule has 0 radical (unpaired) electrons. The third-order valence-electron chi connectivity index (χ3n) is 7.62. The summed E-state index contributed by atoms with van der Waals surface area (Å²) in [4.78, 5) is 30.4. The first-order valence-electron chi connectivity index (χ1n) is 13.2. The molecule has 1 aliphatic heterocycles. The van der Waals surface area contributed by atoms with E-state index < -0.39 is 4.92 Å². The smallest absolute Gasteiger partial charge is 0.273 e. The number of allylic oxidation sites excluding steroid dienone is 1. The standard InChI is InChI=1S/C32H22BrN3O5S/c1-40-27-16-21(36(38)39)11-14-24(27)26-15-12-22(41-26)17-28-31(37)35-30(19-6-9-20(33)10-7-19)25-13-8-18-4-2-3-5-23(18)29(25)34-32(35)42-28/h2-7,9-12,14-17,30H,8,13H2,1H3/b28-17+/t30-/m1/s1. The normalized spacial score (nSPS) is 16.0. The maximum atomic E-state index is 14.0. The summed E-state index contributed by atoms with van der Waals surface area (Å²) in [6.45, 7) is 0. The molecule has 2 aromatic heterocycles. The highest BCUT2D eigenvalue weighted by atomic mass is 79.9. The van der Waals surface area contributed by atoms with Crippen molar-refractivity contribution in [3.05, 3.63) is 141 Å². The fourth-order valence-corrected chi connectivity index (χ4v) is 6.91. The molecule has 3 aromatic carbocycles. The second-order valence-electron chi connectivity index (χ2n) is 10.0. The predicted octanol–water partition coefficient (Wildman–Crippen LogP) is 6.26. The Morgan fingerprint density at radius 2 is 1.88 bits per heavy atom. The molecule has 5 aromatic rings. The van der Waals surface area contributed by atoms with E-state index in [0.717, 1.165) is 39.7 Å². The molecule has 0 unspecified atom stereocenters. The Morgan fingerprint density at radius 3 is 2.67 bits per heavy atom. The summed E-state index contributed by atoms with van der Waals surface area (Å²) in [5.74, 6) is 1.27. The average molecular weight is 641 g/mol. The maximum absolute atomic E-state index is 14.0. The highest BCUT2D eigenvalue weighted by Gasteiger charge is 2.32. The minimum absolute atomic E-state index is 0.0749. The number of nitro benzene ring substituents is 1. The van der Waals surface area contributed by atoms with E-state index in [1.807, 2.05) is 18.2 Å². The lowest BCUT2D eigenvalue weighted by Gasteiger charge is -2.30. The third kappa shape index (κ3) is 4.43. The van der Waals surface area contributed by atoms with Gasteiger partial charge in [0.15, 0.2) is 4.80 Å². The van der Waals surface area contributed by atoms with Crippen LogP contribution < -0.4 is 19.6 Å². The molecule has 7 rings (SSSR count). The number of benzene rings is 3. The molecule has 2 aliphatic rings. The van der Waals surface area contributed by atoms with E-state index >= 15 is 0 Å². The van der Waals surface area contributed by atoms with Gasteiger partial charge in [0.1, 0.15) is 17.3 Å². The van der Waals surface area contributed by atoms with Crippen molar-refractivity contribution in [2.24, 2.45) is 4.99 Å². The van der Waals surface area contributed by atoms with Gasteiger partial charge < -0.3 is 9.15 Å². The molecule has 8 nitrogen and oxygen atoms in total. The van der Waals surface area contributed by atoms with Crippen LogP contribution in [0.3, 0.4) is 0 Å². The Hall–Kier alpha value is -4.54. The summed E-state index contributed by atoms with van der Waals surface area (Å²) in [7, 11) is 1.45. The highest BCUT2D eigenvalue weighted by molar-refractivity contribution is 9.10. The number of aryl methyl sites for hydroxylation is 1. The lowest BCUT2D eigenvalue weighted by molar-refractivity contribution is -0.384. The van der Waals surface area contributed by atoms with Gasteiger partial charge in [-0.05, 0) is 59.9 Å². The summed E-state index contributed by atoms with van der Waals surface area (Å²) in [5, 5.41) is 11.2. The van der Waals surface area contributed by atoms with Crippen LogP contribution in [0.2, 0.25) is 0 Å². The van der Waals surface area contributed by atoms with E-state index in [0.29, 0.717) is 32.2 Å². The van der Waals surface area contributed by atoms with Gasteiger partial charge in [0.2, 0.25) is 0 Å². The zero-order valence-corrected chi connectivity index (χ0v) is 24.6. The summed E-state index contributed by atoms with van der Waals surface area (Å²) < 4.78 is 14.7. The second kappa shape index (κ2) is 10.4. The molecule has 1 atom stereocenters. The zero-order chi connectivity index (χ0) is 29.0. The number of nitrogens with zero attached hydrogens (tertiary/aromatic N) is 3. The fourth-order valence-electron chi connectivity index (χ4n) is 5.67. The largest absolute Gasteiger partial charge is 0.496 e. The Bertz CT molecular complexity index is 2110. The van der Waals surface area contributed by atoms with Crippen molar-refractivity contribution in [2.75, 3.05) is 7.11 Å². The van der Waals surface area contributed by atoms with E-state index in [1.165, 1.54) is 36.1 Å². The van der Waals surface area contributed by atoms with Gasteiger partial charge in [0, 0.05) is 22.2 Å². The number of nitro groups is 1. The van der Waals surface area contributed by atoms with E-state index in [9.17, 15) is 14.9 Å². The molecule has 0 saturated carbocycles. The van der Waals surface area contributed by atoms with Crippen LogP contribution in [0.25, 0.3) is 23.1 Å². The molecular formula is C32H22BrN3O5S. The van der Waals surface area contributed by atoms with Crippen molar-refractivity contribution in [1.29, 1.82) is 0 Å². The van der Waals surface area contributed by atoms with Crippen LogP contribution in [0.1, 0.15) is 34.9 Å². The van der Waals surface area contributed by atoms with Gasteiger partial charge in [-0.3, -0.25) is 19.5 Å². The van der Waals surface area contributed by atoms with Gasteiger partial charge in [-0.15, -0.1) is 0 Å². The number of hydrogen-bond acceptors (Lipinski definition) is 7. The number of fused-ring (bicyclic) bond motifs is 3. The number of thiazole rings is 1. The first kappa shape index (κ1) is 26.4. The molecule has 0 saturated heterocycles. The number of hydrogen-bond donors (Lipinski definition) is 0. The molecule has 3 heterocycles.